The Hall–Kier alpha value is -3.24. The van der Waals surface area contributed by atoms with Gasteiger partial charge in [0.25, 0.3) is 5.56 Å². The Morgan fingerprint density at radius 3 is 2.75 bits per heavy atom. The number of hydrogen-bond donors (Lipinski definition) is 1. The number of thioether (sulfide) groups is 1. The minimum Gasteiger partial charge on any atom is -0.354 e. The van der Waals surface area contributed by atoms with Crippen LogP contribution in [0.25, 0.3) is 0 Å². The van der Waals surface area contributed by atoms with Gasteiger partial charge in [-0.25, -0.2) is 15.0 Å². The number of amides is 1. The number of benzene rings is 1. The summed E-state index contributed by atoms with van der Waals surface area (Å²) in [5, 5.41) is 3.66. The van der Waals surface area contributed by atoms with Crippen molar-refractivity contribution in [3.63, 3.8) is 0 Å². The Bertz CT molecular complexity index is 1320. The van der Waals surface area contributed by atoms with Crippen LogP contribution in [0.4, 0.5) is 11.6 Å². The SMILES string of the molecule is O=C(CC1CSc2nc3c(c(=O)n21)CCC3)Nc1cc(N2CCN(Cc3ccccc3)CC2)ncn1. The van der Waals surface area contributed by atoms with Gasteiger partial charge in [0, 0.05) is 56.5 Å². The molecule has 4 heterocycles. The second kappa shape index (κ2) is 10.0. The van der Waals surface area contributed by atoms with Crippen molar-refractivity contribution in [3.8, 4) is 0 Å². The van der Waals surface area contributed by atoms with Crippen LogP contribution in [-0.2, 0) is 24.2 Å². The van der Waals surface area contributed by atoms with Crippen molar-refractivity contribution in [1.29, 1.82) is 0 Å². The van der Waals surface area contributed by atoms with Gasteiger partial charge in [0.05, 0.1) is 11.7 Å². The normalized spacial score (nSPS) is 19.2. The highest BCUT2D eigenvalue weighted by Crippen LogP contribution is 2.34. The largest absolute Gasteiger partial charge is 0.354 e. The lowest BCUT2D eigenvalue weighted by Gasteiger charge is -2.35. The molecule has 1 amide bonds. The van der Waals surface area contributed by atoms with Crippen LogP contribution in [0.3, 0.4) is 0 Å². The summed E-state index contributed by atoms with van der Waals surface area (Å²) in [4.78, 5) is 44.0. The number of nitrogens with zero attached hydrogens (tertiary/aromatic N) is 6. The summed E-state index contributed by atoms with van der Waals surface area (Å²) in [6.45, 7) is 4.59. The van der Waals surface area contributed by atoms with Gasteiger partial charge in [0.2, 0.25) is 5.91 Å². The van der Waals surface area contributed by atoms with Gasteiger partial charge in [-0.3, -0.25) is 19.1 Å². The van der Waals surface area contributed by atoms with Gasteiger partial charge in [0.15, 0.2) is 5.16 Å². The van der Waals surface area contributed by atoms with Gasteiger partial charge in [-0.15, -0.1) is 0 Å². The van der Waals surface area contributed by atoms with Gasteiger partial charge < -0.3 is 10.2 Å². The highest BCUT2D eigenvalue weighted by molar-refractivity contribution is 7.99. The topological polar surface area (TPSA) is 96.2 Å². The molecule has 6 rings (SSSR count). The van der Waals surface area contributed by atoms with Crippen LogP contribution in [0.15, 0.2) is 52.7 Å². The Kier molecular flexibility index (Phi) is 6.45. The lowest BCUT2D eigenvalue weighted by atomic mass is 10.2. The first-order valence-corrected chi connectivity index (χ1v) is 13.5. The maximum absolute atomic E-state index is 13.0. The van der Waals surface area contributed by atoms with Gasteiger partial charge in [-0.2, -0.15) is 0 Å². The van der Waals surface area contributed by atoms with Crippen molar-refractivity contribution in [2.24, 2.45) is 0 Å². The number of aryl methyl sites for hydroxylation is 1. The zero-order valence-corrected chi connectivity index (χ0v) is 20.9. The summed E-state index contributed by atoms with van der Waals surface area (Å²) in [6, 6.07) is 12.2. The van der Waals surface area contributed by atoms with E-state index in [2.05, 4.69) is 49.4 Å². The Balaban J connectivity index is 1.06. The van der Waals surface area contributed by atoms with Crippen LogP contribution in [0.1, 0.15) is 35.7 Å². The molecule has 36 heavy (non-hydrogen) atoms. The molecule has 3 aliphatic rings. The summed E-state index contributed by atoms with van der Waals surface area (Å²) in [6.07, 6.45) is 4.37. The van der Waals surface area contributed by atoms with Crippen molar-refractivity contribution in [1.82, 2.24) is 24.4 Å². The standard InChI is InChI=1S/C26H29N7O2S/c34-24(13-19-16-36-26-29-21-8-4-7-20(21)25(35)33(19)26)30-22-14-23(28-17-27-22)32-11-9-31(10-12-32)15-18-5-2-1-3-6-18/h1-3,5-6,14,17,19H,4,7-13,15-16H2,(H,27,28,30,34). The fourth-order valence-electron chi connectivity index (χ4n) is 5.28. The molecule has 1 saturated heterocycles. The van der Waals surface area contributed by atoms with Crippen LogP contribution in [0, 0.1) is 0 Å². The fraction of sp³-hybridized carbons (Fsp3) is 0.423. The molecular formula is C26H29N7O2S. The van der Waals surface area contributed by atoms with Crippen molar-refractivity contribution in [2.45, 2.75) is 43.4 Å². The summed E-state index contributed by atoms with van der Waals surface area (Å²) < 4.78 is 1.73. The van der Waals surface area contributed by atoms with Crippen LogP contribution in [0.5, 0.6) is 0 Å². The molecule has 0 radical (unpaired) electrons. The molecule has 1 atom stereocenters. The van der Waals surface area contributed by atoms with E-state index in [0.717, 1.165) is 74.2 Å². The smallest absolute Gasteiger partial charge is 0.257 e. The Labute approximate surface area is 214 Å². The third kappa shape index (κ3) is 4.75. The quantitative estimate of drug-likeness (QED) is 0.513. The molecule has 10 heteroatoms. The molecule has 0 spiro atoms. The second-order valence-corrected chi connectivity index (χ2v) is 10.6. The van der Waals surface area contributed by atoms with E-state index < -0.39 is 0 Å². The number of nitrogens with one attached hydrogen (secondary N) is 1. The number of carbonyl (C=O) groups is 1. The van der Waals surface area contributed by atoms with E-state index in [1.165, 1.54) is 11.9 Å². The highest BCUT2D eigenvalue weighted by atomic mass is 32.2. The summed E-state index contributed by atoms with van der Waals surface area (Å²) >= 11 is 1.56. The molecule has 1 aromatic carbocycles. The number of hydrogen-bond acceptors (Lipinski definition) is 8. The first-order valence-electron chi connectivity index (χ1n) is 12.5. The van der Waals surface area contributed by atoms with E-state index in [1.807, 2.05) is 12.1 Å². The van der Waals surface area contributed by atoms with Crippen LogP contribution >= 0.6 is 11.8 Å². The van der Waals surface area contributed by atoms with E-state index in [1.54, 1.807) is 16.3 Å². The van der Waals surface area contributed by atoms with Gasteiger partial charge in [-0.05, 0) is 24.8 Å². The molecule has 1 aliphatic carbocycles. The van der Waals surface area contributed by atoms with Gasteiger partial charge in [0.1, 0.15) is 18.0 Å². The highest BCUT2D eigenvalue weighted by Gasteiger charge is 2.31. The van der Waals surface area contributed by atoms with Crippen LogP contribution in [-0.4, -0.2) is 62.3 Å². The average Bonchev–Trinajstić information content (AvgIpc) is 3.53. The van der Waals surface area contributed by atoms with Crippen molar-refractivity contribution in [3.05, 3.63) is 69.9 Å². The average molecular weight is 504 g/mol. The summed E-state index contributed by atoms with van der Waals surface area (Å²) in [5.74, 6) is 1.83. The summed E-state index contributed by atoms with van der Waals surface area (Å²) in [5.41, 5.74) is 3.13. The van der Waals surface area contributed by atoms with E-state index in [4.69, 9.17) is 4.98 Å². The third-order valence-corrected chi connectivity index (χ3v) is 8.26. The fourth-order valence-corrected chi connectivity index (χ4v) is 6.43. The number of rotatable bonds is 6. The first kappa shape index (κ1) is 23.2. The molecule has 186 valence electrons. The second-order valence-electron chi connectivity index (χ2n) is 9.58. The molecule has 2 aliphatic heterocycles. The molecule has 1 fully saturated rings. The predicted octanol–water partition coefficient (Wildman–Crippen LogP) is 2.52. The first-order chi connectivity index (χ1) is 17.6. The Morgan fingerprint density at radius 1 is 1.08 bits per heavy atom. The molecule has 9 nitrogen and oxygen atoms in total. The lowest BCUT2D eigenvalue weighted by molar-refractivity contribution is -0.116. The molecule has 1 unspecified atom stereocenters. The molecule has 0 bridgehead atoms. The Morgan fingerprint density at radius 2 is 1.92 bits per heavy atom. The van der Waals surface area contributed by atoms with Crippen molar-refractivity contribution >= 4 is 29.3 Å². The van der Waals surface area contributed by atoms with Crippen molar-refractivity contribution in [2.75, 3.05) is 42.1 Å². The number of fused-ring (bicyclic) bond motifs is 2. The molecule has 3 aromatic rings. The van der Waals surface area contributed by atoms with E-state index >= 15 is 0 Å². The predicted molar refractivity (Wildman–Crippen MR) is 139 cm³/mol. The monoisotopic (exact) mass is 503 g/mol. The molecule has 1 N–H and O–H groups in total. The number of aromatic nitrogens is 4. The minimum absolute atomic E-state index is 0.0334. The molecule has 2 aromatic heterocycles. The van der Waals surface area contributed by atoms with Crippen molar-refractivity contribution < 1.29 is 4.79 Å². The molecule has 0 saturated carbocycles. The third-order valence-electron chi connectivity index (χ3n) is 7.16. The number of piperazine rings is 1. The molecular weight excluding hydrogens is 474 g/mol. The van der Waals surface area contributed by atoms with Crippen LogP contribution in [0.2, 0.25) is 0 Å². The van der Waals surface area contributed by atoms with E-state index in [-0.39, 0.29) is 23.9 Å². The van der Waals surface area contributed by atoms with E-state index in [9.17, 15) is 9.59 Å². The maximum Gasteiger partial charge on any atom is 0.257 e. The van der Waals surface area contributed by atoms with Crippen LogP contribution < -0.4 is 15.8 Å². The summed E-state index contributed by atoms with van der Waals surface area (Å²) in [7, 11) is 0. The van der Waals surface area contributed by atoms with Gasteiger partial charge in [-0.1, -0.05) is 42.1 Å². The number of carbonyl (C=O) groups excluding carboxylic acids is 1. The van der Waals surface area contributed by atoms with E-state index in [0.29, 0.717) is 11.6 Å². The number of anilines is 2. The lowest BCUT2D eigenvalue weighted by Crippen LogP contribution is -2.46. The minimum atomic E-state index is -0.185. The van der Waals surface area contributed by atoms with Gasteiger partial charge >= 0.3 is 0 Å². The zero-order chi connectivity index (χ0) is 24.5. The zero-order valence-electron chi connectivity index (χ0n) is 20.1. The maximum atomic E-state index is 13.0.